The molecule has 0 spiro atoms. The first-order valence-electron chi connectivity index (χ1n) is 8.42. The van der Waals surface area contributed by atoms with E-state index in [0.29, 0.717) is 44.8 Å². The van der Waals surface area contributed by atoms with Crippen molar-refractivity contribution >= 4 is 29.3 Å². The van der Waals surface area contributed by atoms with Crippen molar-refractivity contribution in [3.05, 3.63) is 29.8 Å². The number of ether oxygens (including phenoxy) is 2. The van der Waals surface area contributed by atoms with Crippen LogP contribution in [-0.4, -0.2) is 44.5 Å². The third-order valence-electron chi connectivity index (χ3n) is 4.45. The van der Waals surface area contributed by atoms with Gasteiger partial charge in [0.2, 0.25) is 5.91 Å². The molecule has 7 heteroatoms. The molecular formula is C18H26N2O4S. The average Bonchev–Trinajstić information content (AvgIpc) is 2.65. The largest absolute Gasteiger partial charge is 0.469 e. The summed E-state index contributed by atoms with van der Waals surface area (Å²) in [6, 6.07) is 7.77. The van der Waals surface area contributed by atoms with Gasteiger partial charge in [-0.2, -0.15) is 11.8 Å². The van der Waals surface area contributed by atoms with Gasteiger partial charge >= 0.3 is 5.97 Å². The molecule has 1 aliphatic heterocycles. The minimum absolute atomic E-state index is 0.0335. The van der Waals surface area contributed by atoms with Crippen molar-refractivity contribution in [3.63, 3.8) is 0 Å². The molecule has 2 rings (SSSR count). The Bertz CT molecular complexity index is 588. The summed E-state index contributed by atoms with van der Waals surface area (Å²) >= 11 is 1.66. The number of hydrogen-bond acceptors (Lipinski definition) is 6. The van der Waals surface area contributed by atoms with Crippen LogP contribution >= 0.6 is 11.8 Å². The molecule has 6 nitrogen and oxygen atoms in total. The van der Waals surface area contributed by atoms with Crippen LogP contribution in [0.3, 0.4) is 0 Å². The first-order chi connectivity index (χ1) is 12.1. The van der Waals surface area contributed by atoms with Gasteiger partial charge in [-0.05, 0) is 30.5 Å². The Morgan fingerprint density at radius 1 is 1.36 bits per heavy atom. The van der Waals surface area contributed by atoms with E-state index in [1.54, 1.807) is 11.8 Å². The molecule has 138 valence electrons. The molecule has 1 aromatic rings. The van der Waals surface area contributed by atoms with Gasteiger partial charge in [-0.25, -0.2) is 0 Å². The van der Waals surface area contributed by atoms with Gasteiger partial charge in [0, 0.05) is 37.0 Å². The lowest BCUT2D eigenvalue weighted by atomic mass is 9.79. The van der Waals surface area contributed by atoms with Crippen LogP contribution in [-0.2, 0) is 24.8 Å². The van der Waals surface area contributed by atoms with E-state index in [9.17, 15) is 9.59 Å². The minimum Gasteiger partial charge on any atom is -0.469 e. The normalized spacial score (nSPS) is 16.2. The number of esters is 1. The fraction of sp³-hybridized carbons (Fsp3) is 0.556. The fourth-order valence-corrected chi connectivity index (χ4v) is 3.61. The van der Waals surface area contributed by atoms with E-state index < -0.39 is 5.41 Å². The third kappa shape index (κ3) is 5.73. The highest BCUT2D eigenvalue weighted by atomic mass is 32.2. The Kier molecular flexibility index (Phi) is 7.74. The number of thioether (sulfide) groups is 1. The van der Waals surface area contributed by atoms with Crippen LogP contribution in [0, 0.1) is 5.41 Å². The molecule has 0 bridgehead atoms. The second-order valence-electron chi connectivity index (χ2n) is 6.13. The first-order valence-corrected chi connectivity index (χ1v) is 9.58. The van der Waals surface area contributed by atoms with Crippen LogP contribution in [0.25, 0.3) is 0 Å². The summed E-state index contributed by atoms with van der Waals surface area (Å²) in [4.78, 5) is 23.8. The van der Waals surface area contributed by atoms with Gasteiger partial charge in [0.25, 0.3) is 0 Å². The van der Waals surface area contributed by atoms with E-state index >= 15 is 0 Å². The Labute approximate surface area is 152 Å². The summed E-state index contributed by atoms with van der Waals surface area (Å²) in [5.74, 6) is 1.25. The molecule has 0 atom stereocenters. The van der Waals surface area contributed by atoms with E-state index in [-0.39, 0.29) is 11.9 Å². The third-order valence-corrected chi connectivity index (χ3v) is 5.48. The highest BCUT2D eigenvalue weighted by Crippen LogP contribution is 2.31. The van der Waals surface area contributed by atoms with Crippen LogP contribution in [0.5, 0.6) is 0 Å². The van der Waals surface area contributed by atoms with E-state index in [1.807, 2.05) is 24.3 Å². The van der Waals surface area contributed by atoms with Crippen LogP contribution in [0.15, 0.2) is 24.3 Å². The van der Waals surface area contributed by atoms with Gasteiger partial charge in [0.15, 0.2) is 0 Å². The zero-order valence-corrected chi connectivity index (χ0v) is 15.4. The molecule has 1 saturated heterocycles. The molecule has 25 heavy (non-hydrogen) atoms. The van der Waals surface area contributed by atoms with E-state index in [0.717, 1.165) is 17.0 Å². The predicted molar refractivity (Wildman–Crippen MR) is 99.4 cm³/mol. The summed E-state index contributed by atoms with van der Waals surface area (Å²) in [5.41, 5.74) is 7.22. The topological polar surface area (TPSA) is 90.7 Å². The smallest absolute Gasteiger partial charge is 0.306 e. The van der Waals surface area contributed by atoms with Crippen molar-refractivity contribution in [3.8, 4) is 0 Å². The maximum absolute atomic E-state index is 12.7. The number of anilines is 1. The molecule has 1 aromatic carbocycles. The quantitative estimate of drug-likeness (QED) is 0.541. The molecule has 0 radical (unpaired) electrons. The number of hydrogen-bond donors (Lipinski definition) is 2. The lowest BCUT2D eigenvalue weighted by molar-refractivity contribution is -0.140. The van der Waals surface area contributed by atoms with Crippen molar-refractivity contribution in [2.75, 3.05) is 37.9 Å². The average molecular weight is 366 g/mol. The molecule has 0 aromatic heterocycles. The SMILES string of the molecule is COC(=O)CCSCc1cccc(NC(=O)C2(CN)CCOCC2)c1. The molecule has 1 aliphatic rings. The van der Waals surface area contributed by atoms with Crippen LogP contribution < -0.4 is 11.1 Å². The molecule has 1 amide bonds. The van der Waals surface area contributed by atoms with Crippen molar-refractivity contribution in [1.29, 1.82) is 0 Å². The molecule has 3 N–H and O–H groups in total. The van der Waals surface area contributed by atoms with Gasteiger partial charge in [0.1, 0.15) is 0 Å². The predicted octanol–water partition coefficient (Wildman–Crippen LogP) is 2.18. The van der Waals surface area contributed by atoms with Gasteiger partial charge in [-0.15, -0.1) is 0 Å². The van der Waals surface area contributed by atoms with Crippen molar-refractivity contribution in [1.82, 2.24) is 0 Å². The molecule has 0 aliphatic carbocycles. The van der Waals surface area contributed by atoms with Crippen molar-refractivity contribution in [2.45, 2.75) is 25.0 Å². The Morgan fingerprint density at radius 3 is 2.80 bits per heavy atom. The highest BCUT2D eigenvalue weighted by Gasteiger charge is 2.38. The van der Waals surface area contributed by atoms with Gasteiger partial charge < -0.3 is 20.5 Å². The fourth-order valence-electron chi connectivity index (χ4n) is 2.74. The highest BCUT2D eigenvalue weighted by molar-refractivity contribution is 7.98. The van der Waals surface area contributed by atoms with E-state index in [2.05, 4.69) is 10.1 Å². The number of methoxy groups -OCH3 is 1. The summed E-state index contributed by atoms with van der Waals surface area (Å²) in [7, 11) is 1.39. The maximum atomic E-state index is 12.7. The molecule has 0 saturated carbocycles. The number of rotatable bonds is 8. The summed E-state index contributed by atoms with van der Waals surface area (Å²) in [6.45, 7) is 1.47. The van der Waals surface area contributed by atoms with Gasteiger partial charge in [-0.3, -0.25) is 9.59 Å². The molecule has 1 fully saturated rings. The monoisotopic (exact) mass is 366 g/mol. The number of carbonyl (C=O) groups is 2. The number of carbonyl (C=O) groups excluding carboxylic acids is 2. The summed E-state index contributed by atoms with van der Waals surface area (Å²) in [5, 5.41) is 3.00. The lowest BCUT2D eigenvalue weighted by Crippen LogP contribution is -2.46. The number of nitrogens with one attached hydrogen (secondary N) is 1. The zero-order chi connectivity index (χ0) is 18.1. The molecule has 0 unspecified atom stereocenters. The first kappa shape index (κ1) is 19.8. The maximum Gasteiger partial charge on any atom is 0.306 e. The Balaban J connectivity index is 1.89. The molecule has 1 heterocycles. The Morgan fingerprint density at radius 2 is 2.12 bits per heavy atom. The Hall–Kier alpha value is -1.57. The number of nitrogens with two attached hydrogens (primary N) is 1. The second kappa shape index (κ2) is 9.79. The van der Waals surface area contributed by atoms with Gasteiger partial charge in [0.05, 0.1) is 18.9 Å². The number of benzene rings is 1. The van der Waals surface area contributed by atoms with Gasteiger partial charge in [-0.1, -0.05) is 12.1 Å². The minimum atomic E-state index is -0.538. The van der Waals surface area contributed by atoms with Crippen LogP contribution in [0.2, 0.25) is 0 Å². The lowest BCUT2D eigenvalue weighted by Gasteiger charge is -2.34. The zero-order valence-electron chi connectivity index (χ0n) is 14.6. The van der Waals surface area contributed by atoms with E-state index in [1.165, 1.54) is 7.11 Å². The van der Waals surface area contributed by atoms with Crippen LogP contribution in [0.1, 0.15) is 24.8 Å². The summed E-state index contributed by atoms with van der Waals surface area (Å²) in [6.07, 6.45) is 1.70. The van der Waals surface area contributed by atoms with Crippen molar-refractivity contribution < 1.29 is 19.1 Å². The second-order valence-corrected chi connectivity index (χ2v) is 7.24. The summed E-state index contributed by atoms with van der Waals surface area (Å²) < 4.78 is 9.98. The standard InChI is InChI=1S/C18H26N2O4S/c1-23-16(21)5-10-25-12-14-3-2-4-15(11-14)20-17(22)18(13-19)6-8-24-9-7-18/h2-4,11H,5-10,12-13,19H2,1H3,(H,20,22). The molecular weight excluding hydrogens is 340 g/mol. The van der Waals surface area contributed by atoms with Crippen LogP contribution in [0.4, 0.5) is 5.69 Å². The number of amides is 1. The van der Waals surface area contributed by atoms with Crippen molar-refractivity contribution in [2.24, 2.45) is 11.1 Å². The van der Waals surface area contributed by atoms with E-state index in [4.69, 9.17) is 10.5 Å².